The molecule has 0 aromatic heterocycles. The highest BCUT2D eigenvalue weighted by molar-refractivity contribution is 5.96. The molecule has 13 heteroatoms. The van der Waals surface area contributed by atoms with Gasteiger partial charge in [0.1, 0.15) is 30.2 Å². The minimum absolute atomic E-state index is 0.192. The molecule has 302 valence electrons. The molecule has 0 spiro atoms. The van der Waals surface area contributed by atoms with Crippen molar-refractivity contribution in [2.75, 3.05) is 13.6 Å². The number of carbonyl (C=O) groups is 6. The first-order valence-corrected chi connectivity index (χ1v) is 20.1. The summed E-state index contributed by atoms with van der Waals surface area (Å²) in [5.41, 5.74) is 5.54. The Labute approximate surface area is 314 Å². The van der Waals surface area contributed by atoms with Gasteiger partial charge in [0.2, 0.25) is 35.4 Å². The fourth-order valence-corrected chi connectivity index (χ4v) is 5.87. The van der Waals surface area contributed by atoms with E-state index in [2.05, 4.69) is 38.8 Å². The number of carbonyl (C=O) groups excluding carboxylic acids is 6. The van der Waals surface area contributed by atoms with E-state index in [-0.39, 0.29) is 23.7 Å². The normalized spacial score (nSPS) is 14.1. The molecule has 0 radical (unpaired) electrons. The van der Waals surface area contributed by atoms with Crippen LogP contribution in [0.1, 0.15) is 158 Å². The van der Waals surface area contributed by atoms with Crippen molar-refractivity contribution in [3.63, 3.8) is 0 Å². The van der Waals surface area contributed by atoms with Crippen LogP contribution in [-0.4, -0.2) is 79.2 Å². The molecule has 0 rings (SSSR count). The monoisotopic (exact) mass is 738 g/mol. The standard InChI is InChI=1S/C39H75N7O6/c1-9-10-11-12-13-14-15-16-17-18-19-20-21-25-32(47)45-33(27(2)3)39(52)46-34(28(4)5)38(51)43-29(6)35(48)42-30(7)36(49)44-31(37(50)41-8)24-22-23-26-40/h27-31,33-34H,9-26,40H2,1-8H3,(H,41,50)(H,42,48)(H,43,51)(H,44,49)(H,45,47)(H,46,52)/t29-,30+,31-,33-,34-/m0/s1. The molecular weight excluding hydrogens is 662 g/mol. The van der Waals surface area contributed by atoms with Gasteiger partial charge in [-0.1, -0.05) is 112 Å². The predicted octanol–water partition coefficient (Wildman–Crippen LogP) is 4.12. The molecule has 0 saturated carbocycles. The van der Waals surface area contributed by atoms with Gasteiger partial charge in [-0.15, -0.1) is 0 Å². The third kappa shape index (κ3) is 22.0. The van der Waals surface area contributed by atoms with Crippen molar-refractivity contribution < 1.29 is 28.8 Å². The Bertz CT molecular complexity index is 1050. The first-order chi connectivity index (χ1) is 24.7. The summed E-state index contributed by atoms with van der Waals surface area (Å²) in [6.07, 6.45) is 17.9. The van der Waals surface area contributed by atoms with E-state index in [0.717, 1.165) is 19.3 Å². The molecule has 52 heavy (non-hydrogen) atoms. The molecule has 0 fully saturated rings. The van der Waals surface area contributed by atoms with Gasteiger partial charge < -0.3 is 37.6 Å². The van der Waals surface area contributed by atoms with E-state index in [0.29, 0.717) is 32.2 Å². The van der Waals surface area contributed by atoms with Crippen molar-refractivity contribution in [2.45, 2.75) is 188 Å². The lowest BCUT2D eigenvalue weighted by atomic mass is 9.99. The average Bonchev–Trinajstić information content (AvgIpc) is 3.10. The van der Waals surface area contributed by atoms with Crippen LogP contribution in [0.15, 0.2) is 0 Å². The van der Waals surface area contributed by atoms with Crippen molar-refractivity contribution in [3.8, 4) is 0 Å². The zero-order chi connectivity index (χ0) is 39.5. The van der Waals surface area contributed by atoms with Crippen LogP contribution in [0.25, 0.3) is 0 Å². The number of hydrogen-bond acceptors (Lipinski definition) is 7. The molecule has 0 aliphatic rings. The van der Waals surface area contributed by atoms with Crippen LogP contribution in [-0.2, 0) is 28.8 Å². The molecule has 8 N–H and O–H groups in total. The molecule has 0 aliphatic carbocycles. The Balaban J connectivity index is 4.84. The second-order valence-corrected chi connectivity index (χ2v) is 14.9. The number of rotatable bonds is 30. The van der Waals surface area contributed by atoms with Crippen LogP contribution in [0.3, 0.4) is 0 Å². The van der Waals surface area contributed by atoms with E-state index >= 15 is 0 Å². The summed E-state index contributed by atoms with van der Waals surface area (Å²) in [7, 11) is 1.48. The van der Waals surface area contributed by atoms with Gasteiger partial charge in [0, 0.05) is 13.5 Å². The zero-order valence-electron chi connectivity index (χ0n) is 33.8. The number of nitrogens with one attached hydrogen (secondary N) is 6. The van der Waals surface area contributed by atoms with Crippen molar-refractivity contribution in [3.05, 3.63) is 0 Å². The van der Waals surface area contributed by atoms with Gasteiger partial charge in [-0.05, 0) is 57.9 Å². The van der Waals surface area contributed by atoms with Gasteiger partial charge in [-0.25, -0.2) is 0 Å². The number of amides is 6. The minimum atomic E-state index is -1.03. The molecule has 5 atom stereocenters. The van der Waals surface area contributed by atoms with Gasteiger partial charge in [-0.3, -0.25) is 28.8 Å². The van der Waals surface area contributed by atoms with E-state index in [9.17, 15) is 28.8 Å². The molecule has 13 nitrogen and oxygen atoms in total. The molecule has 0 aromatic rings. The Hall–Kier alpha value is -3.22. The molecule has 0 saturated heterocycles. The molecule has 0 bridgehead atoms. The molecular formula is C39H75N7O6. The second-order valence-electron chi connectivity index (χ2n) is 14.9. The van der Waals surface area contributed by atoms with Crippen molar-refractivity contribution in [1.29, 1.82) is 0 Å². The Morgan fingerprint density at radius 3 is 1.37 bits per heavy atom. The summed E-state index contributed by atoms with van der Waals surface area (Å²) >= 11 is 0. The molecule has 0 unspecified atom stereocenters. The number of nitrogens with two attached hydrogens (primary N) is 1. The lowest BCUT2D eigenvalue weighted by molar-refractivity contribution is -0.135. The van der Waals surface area contributed by atoms with Crippen LogP contribution < -0.4 is 37.6 Å². The maximum absolute atomic E-state index is 13.3. The predicted molar refractivity (Wildman–Crippen MR) is 208 cm³/mol. The minimum Gasteiger partial charge on any atom is -0.357 e. The lowest BCUT2D eigenvalue weighted by Crippen LogP contribution is -2.59. The summed E-state index contributed by atoms with van der Waals surface area (Å²) < 4.78 is 0. The average molecular weight is 738 g/mol. The number of likely N-dealkylation sites (N-methyl/N-ethyl adjacent to an activating group) is 1. The SMILES string of the molecule is CCCCCCCCCCCCCCCC(=O)N[C@H](C(=O)N[C@H](C(=O)N[C@@H](C)C(=O)N[C@H](C)C(=O)N[C@@H](CCCCN)C(=O)NC)C(C)C)C(C)C. The highest BCUT2D eigenvalue weighted by atomic mass is 16.2. The third-order valence-corrected chi connectivity index (χ3v) is 9.35. The van der Waals surface area contributed by atoms with E-state index in [1.54, 1.807) is 13.8 Å². The number of hydrogen-bond donors (Lipinski definition) is 7. The smallest absolute Gasteiger partial charge is 0.243 e. The maximum atomic E-state index is 13.3. The quantitative estimate of drug-likeness (QED) is 0.0538. The van der Waals surface area contributed by atoms with Crippen molar-refractivity contribution in [2.24, 2.45) is 17.6 Å². The van der Waals surface area contributed by atoms with Gasteiger partial charge in [0.15, 0.2) is 0 Å². The summed E-state index contributed by atoms with van der Waals surface area (Å²) in [5.74, 6) is -3.26. The lowest BCUT2D eigenvalue weighted by Gasteiger charge is -2.28. The van der Waals surface area contributed by atoms with Crippen molar-refractivity contribution >= 4 is 35.4 Å². The first-order valence-electron chi connectivity index (χ1n) is 20.1. The maximum Gasteiger partial charge on any atom is 0.243 e. The van der Waals surface area contributed by atoms with E-state index in [1.807, 2.05) is 13.8 Å². The highest BCUT2D eigenvalue weighted by Crippen LogP contribution is 2.14. The van der Waals surface area contributed by atoms with E-state index < -0.39 is 53.8 Å². The largest absolute Gasteiger partial charge is 0.357 e. The van der Waals surface area contributed by atoms with Crippen LogP contribution in [0.4, 0.5) is 0 Å². The topological polar surface area (TPSA) is 201 Å². The first kappa shape index (κ1) is 48.8. The second kappa shape index (κ2) is 29.3. The Morgan fingerprint density at radius 2 is 0.904 bits per heavy atom. The van der Waals surface area contributed by atoms with Gasteiger partial charge in [-0.2, -0.15) is 0 Å². The highest BCUT2D eigenvalue weighted by Gasteiger charge is 2.32. The fraction of sp³-hybridized carbons (Fsp3) is 0.846. The number of unbranched alkanes of at least 4 members (excludes halogenated alkanes) is 13. The molecule has 0 heterocycles. The molecule has 0 aliphatic heterocycles. The fourth-order valence-electron chi connectivity index (χ4n) is 5.87. The summed E-state index contributed by atoms with van der Waals surface area (Å²) in [6, 6.07) is -4.57. The van der Waals surface area contributed by atoms with Crippen LogP contribution >= 0.6 is 0 Å². The summed E-state index contributed by atoms with van der Waals surface area (Å²) in [5, 5.41) is 16.0. The third-order valence-electron chi connectivity index (χ3n) is 9.35. The van der Waals surface area contributed by atoms with Crippen LogP contribution in [0.5, 0.6) is 0 Å². The zero-order valence-corrected chi connectivity index (χ0v) is 33.8. The van der Waals surface area contributed by atoms with Crippen molar-refractivity contribution in [1.82, 2.24) is 31.9 Å². The van der Waals surface area contributed by atoms with Gasteiger partial charge >= 0.3 is 0 Å². The molecule has 0 aromatic carbocycles. The summed E-state index contributed by atoms with van der Waals surface area (Å²) in [4.78, 5) is 77.3. The molecule has 6 amide bonds. The van der Waals surface area contributed by atoms with E-state index in [1.165, 1.54) is 85.1 Å². The van der Waals surface area contributed by atoms with Crippen LogP contribution in [0, 0.1) is 11.8 Å². The summed E-state index contributed by atoms with van der Waals surface area (Å²) in [6.45, 7) is 12.9. The van der Waals surface area contributed by atoms with Crippen LogP contribution in [0.2, 0.25) is 0 Å². The van der Waals surface area contributed by atoms with E-state index in [4.69, 9.17) is 5.73 Å². The Morgan fingerprint density at radius 1 is 0.481 bits per heavy atom. The van der Waals surface area contributed by atoms with Gasteiger partial charge in [0.25, 0.3) is 0 Å². The Kier molecular flexibility index (Phi) is 27.4. The van der Waals surface area contributed by atoms with Gasteiger partial charge in [0.05, 0.1) is 0 Å².